The third-order valence-corrected chi connectivity index (χ3v) is 4.39. The molecule has 1 N–H and O–H groups in total. The molecule has 0 heterocycles. The Morgan fingerprint density at radius 3 is 2.48 bits per heavy atom. The molecule has 0 saturated heterocycles. The molecule has 0 aliphatic carbocycles. The Morgan fingerprint density at radius 1 is 1.10 bits per heavy atom. The summed E-state index contributed by atoms with van der Waals surface area (Å²) in [6, 6.07) is 12.2. The molecule has 0 aliphatic heterocycles. The summed E-state index contributed by atoms with van der Waals surface area (Å²) >= 11 is 3.60. The maximum absolute atomic E-state index is 5.55. The highest BCUT2D eigenvalue weighted by Crippen LogP contribution is 2.35. The molecule has 2 aromatic carbocycles. The van der Waals surface area contributed by atoms with E-state index in [0.717, 1.165) is 32.7 Å². The van der Waals surface area contributed by atoms with Crippen LogP contribution in [-0.2, 0) is 0 Å². The molecule has 0 saturated carbocycles. The van der Waals surface area contributed by atoms with Crippen molar-refractivity contribution >= 4 is 15.9 Å². The molecular weight excluding hydrogens is 330 g/mol. The summed E-state index contributed by atoms with van der Waals surface area (Å²) in [6.45, 7) is 2.05. The fourth-order valence-electron chi connectivity index (χ4n) is 2.40. The normalized spacial score (nSPS) is 12.0. The van der Waals surface area contributed by atoms with Crippen LogP contribution < -0.4 is 14.8 Å². The molecule has 21 heavy (non-hydrogen) atoms. The molecular formula is C17H20BrNO2. The molecule has 0 radical (unpaired) electrons. The SMILES string of the molecule is CNC(c1cccc(OC)c1)c1cc(Br)c(C)cc1OC. The molecule has 1 atom stereocenters. The first-order chi connectivity index (χ1) is 10.1. The van der Waals surface area contributed by atoms with E-state index >= 15 is 0 Å². The Kier molecular flexibility index (Phi) is 5.26. The van der Waals surface area contributed by atoms with Crippen molar-refractivity contribution in [3.05, 3.63) is 57.6 Å². The van der Waals surface area contributed by atoms with Crippen LogP contribution in [0.15, 0.2) is 40.9 Å². The molecule has 0 bridgehead atoms. The zero-order chi connectivity index (χ0) is 15.4. The van der Waals surface area contributed by atoms with Crippen LogP contribution in [0.3, 0.4) is 0 Å². The zero-order valence-electron chi connectivity index (χ0n) is 12.7. The zero-order valence-corrected chi connectivity index (χ0v) is 14.3. The van der Waals surface area contributed by atoms with Crippen LogP contribution >= 0.6 is 15.9 Å². The van der Waals surface area contributed by atoms with Gasteiger partial charge in [0, 0.05) is 10.0 Å². The Hall–Kier alpha value is -1.52. The predicted octanol–water partition coefficient (Wildman–Crippen LogP) is 4.08. The molecule has 0 aromatic heterocycles. The summed E-state index contributed by atoms with van der Waals surface area (Å²) in [6.07, 6.45) is 0. The van der Waals surface area contributed by atoms with Gasteiger partial charge in [-0.2, -0.15) is 0 Å². The topological polar surface area (TPSA) is 30.5 Å². The van der Waals surface area contributed by atoms with Crippen molar-refractivity contribution in [2.75, 3.05) is 21.3 Å². The maximum Gasteiger partial charge on any atom is 0.124 e. The summed E-state index contributed by atoms with van der Waals surface area (Å²) in [7, 11) is 5.32. The van der Waals surface area contributed by atoms with Gasteiger partial charge in [-0.15, -0.1) is 0 Å². The Bertz CT molecular complexity index is 628. The van der Waals surface area contributed by atoms with Crippen LogP contribution in [0.25, 0.3) is 0 Å². The minimum atomic E-state index is 0.0342. The lowest BCUT2D eigenvalue weighted by Crippen LogP contribution is -2.18. The number of nitrogens with one attached hydrogen (secondary N) is 1. The third-order valence-electron chi connectivity index (χ3n) is 3.54. The van der Waals surface area contributed by atoms with E-state index in [1.165, 1.54) is 0 Å². The van der Waals surface area contributed by atoms with Gasteiger partial charge >= 0.3 is 0 Å². The quantitative estimate of drug-likeness (QED) is 0.881. The minimum Gasteiger partial charge on any atom is -0.497 e. The molecule has 2 aromatic rings. The fourth-order valence-corrected chi connectivity index (χ4v) is 2.76. The predicted molar refractivity (Wildman–Crippen MR) is 89.3 cm³/mol. The van der Waals surface area contributed by atoms with Gasteiger partial charge in [-0.3, -0.25) is 0 Å². The summed E-state index contributed by atoms with van der Waals surface area (Å²) in [5.74, 6) is 1.72. The van der Waals surface area contributed by atoms with Crippen molar-refractivity contribution in [3.8, 4) is 11.5 Å². The smallest absolute Gasteiger partial charge is 0.124 e. The fraction of sp³-hybridized carbons (Fsp3) is 0.294. The average molecular weight is 350 g/mol. The largest absolute Gasteiger partial charge is 0.497 e. The minimum absolute atomic E-state index is 0.0342. The number of ether oxygens (including phenoxy) is 2. The van der Waals surface area contributed by atoms with Crippen molar-refractivity contribution in [3.63, 3.8) is 0 Å². The standard InChI is InChI=1S/C17H20BrNO2/c1-11-8-16(21-4)14(10-15(11)18)17(19-2)12-6-5-7-13(9-12)20-3/h5-10,17,19H,1-4H3. The summed E-state index contributed by atoms with van der Waals surface area (Å²) < 4.78 is 11.9. The number of rotatable bonds is 5. The molecule has 112 valence electrons. The van der Waals surface area contributed by atoms with E-state index < -0.39 is 0 Å². The van der Waals surface area contributed by atoms with Crippen LogP contribution in [-0.4, -0.2) is 21.3 Å². The van der Waals surface area contributed by atoms with Crippen LogP contribution in [0.4, 0.5) is 0 Å². The second-order valence-electron chi connectivity index (χ2n) is 4.84. The van der Waals surface area contributed by atoms with E-state index in [4.69, 9.17) is 9.47 Å². The van der Waals surface area contributed by atoms with Gasteiger partial charge in [-0.1, -0.05) is 28.1 Å². The first kappa shape index (κ1) is 15.9. The third kappa shape index (κ3) is 3.39. The summed E-state index contributed by atoms with van der Waals surface area (Å²) in [4.78, 5) is 0. The van der Waals surface area contributed by atoms with E-state index in [-0.39, 0.29) is 6.04 Å². The second kappa shape index (κ2) is 6.96. The van der Waals surface area contributed by atoms with Crippen LogP contribution in [0.2, 0.25) is 0 Å². The number of benzene rings is 2. The number of halogens is 1. The molecule has 0 aliphatic rings. The summed E-state index contributed by atoms with van der Waals surface area (Å²) in [5.41, 5.74) is 3.37. The maximum atomic E-state index is 5.55. The monoisotopic (exact) mass is 349 g/mol. The Labute approximate surface area is 134 Å². The number of aryl methyl sites for hydroxylation is 1. The van der Waals surface area contributed by atoms with E-state index in [0.29, 0.717) is 0 Å². The van der Waals surface area contributed by atoms with Gasteiger partial charge in [0.15, 0.2) is 0 Å². The van der Waals surface area contributed by atoms with Gasteiger partial charge in [0.25, 0.3) is 0 Å². The van der Waals surface area contributed by atoms with Gasteiger partial charge in [0.1, 0.15) is 11.5 Å². The lowest BCUT2D eigenvalue weighted by molar-refractivity contribution is 0.403. The van der Waals surface area contributed by atoms with Crippen molar-refractivity contribution in [2.45, 2.75) is 13.0 Å². The Balaban J connectivity index is 2.52. The highest BCUT2D eigenvalue weighted by Gasteiger charge is 2.18. The van der Waals surface area contributed by atoms with E-state index in [2.05, 4.69) is 40.3 Å². The number of hydrogen-bond acceptors (Lipinski definition) is 3. The van der Waals surface area contributed by atoms with E-state index in [1.807, 2.05) is 31.3 Å². The second-order valence-corrected chi connectivity index (χ2v) is 5.70. The average Bonchev–Trinajstić information content (AvgIpc) is 2.51. The molecule has 0 amide bonds. The van der Waals surface area contributed by atoms with Gasteiger partial charge in [-0.25, -0.2) is 0 Å². The van der Waals surface area contributed by atoms with Crippen molar-refractivity contribution in [1.29, 1.82) is 0 Å². The van der Waals surface area contributed by atoms with Crippen molar-refractivity contribution < 1.29 is 9.47 Å². The van der Waals surface area contributed by atoms with Crippen LogP contribution in [0, 0.1) is 6.92 Å². The van der Waals surface area contributed by atoms with Gasteiger partial charge in [0.05, 0.1) is 20.3 Å². The lowest BCUT2D eigenvalue weighted by atomic mass is 9.96. The van der Waals surface area contributed by atoms with Gasteiger partial charge < -0.3 is 14.8 Å². The number of hydrogen-bond donors (Lipinski definition) is 1. The molecule has 1 unspecified atom stereocenters. The summed E-state index contributed by atoms with van der Waals surface area (Å²) in [5, 5.41) is 3.35. The van der Waals surface area contributed by atoms with Crippen LogP contribution in [0.1, 0.15) is 22.7 Å². The molecule has 3 nitrogen and oxygen atoms in total. The molecule has 2 rings (SSSR count). The highest BCUT2D eigenvalue weighted by molar-refractivity contribution is 9.10. The van der Waals surface area contributed by atoms with Crippen molar-refractivity contribution in [2.24, 2.45) is 0 Å². The number of methoxy groups -OCH3 is 2. The first-order valence-corrected chi connectivity index (χ1v) is 7.55. The van der Waals surface area contributed by atoms with Gasteiger partial charge in [0.2, 0.25) is 0 Å². The molecule has 0 fully saturated rings. The van der Waals surface area contributed by atoms with E-state index in [9.17, 15) is 0 Å². The highest BCUT2D eigenvalue weighted by atomic mass is 79.9. The Morgan fingerprint density at radius 2 is 1.86 bits per heavy atom. The molecule has 4 heteroatoms. The van der Waals surface area contributed by atoms with Crippen LogP contribution in [0.5, 0.6) is 11.5 Å². The van der Waals surface area contributed by atoms with Crippen molar-refractivity contribution in [1.82, 2.24) is 5.32 Å². The first-order valence-electron chi connectivity index (χ1n) is 6.76. The molecule has 0 spiro atoms. The van der Waals surface area contributed by atoms with Gasteiger partial charge in [-0.05, 0) is 49.4 Å². The lowest BCUT2D eigenvalue weighted by Gasteiger charge is -2.21. The van der Waals surface area contributed by atoms with E-state index in [1.54, 1.807) is 14.2 Å².